The summed E-state index contributed by atoms with van der Waals surface area (Å²) in [6.45, 7) is 7.05. The van der Waals surface area contributed by atoms with Crippen LogP contribution in [0.5, 0.6) is 0 Å². The molecule has 2 N–H and O–H groups in total. The van der Waals surface area contributed by atoms with E-state index in [0.29, 0.717) is 6.04 Å². The Balaban J connectivity index is 1.35. The molecular formula is C29H32N6O. The lowest BCUT2D eigenvalue weighted by molar-refractivity contribution is 0.0930. The summed E-state index contributed by atoms with van der Waals surface area (Å²) in [5.74, 6) is -0.0149. The highest BCUT2D eigenvalue weighted by atomic mass is 16.1. The maximum absolute atomic E-state index is 13.7. The van der Waals surface area contributed by atoms with Crippen molar-refractivity contribution < 1.29 is 4.79 Å². The molecule has 184 valence electrons. The van der Waals surface area contributed by atoms with Gasteiger partial charge < -0.3 is 15.5 Å². The van der Waals surface area contributed by atoms with E-state index >= 15 is 0 Å². The van der Waals surface area contributed by atoms with Crippen LogP contribution in [0.2, 0.25) is 0 Å². The van der Waals surface area contributed by atoms with Gasteiger partial charge in [-0.15, -0.1) is 0 Å². The van der Waals surface area contributed by atoms with Gasteiger partial charge in [-0.2, -0.15) is 5.10 Å². The van der Waals surface area contributed by atoms with Gasteiger partial charge >= 0.3 is 0 Å². The molecular weight excluding hydrogens is 448 g/mol. The van der Waals surface area contributed by atoms with E-state index in [1.807, 2.05) is 44.6 Å². The highest BCUT2D eigenvalue weighted by molar-refractivity contribution is 5.98. The van der Waals surface area contributed by atoms with E-state index in [1.165, 1.54) is 0 Å². The van der Waals surface area contributed by atoms with Crippen molar-refractivity contribution >= 4 is 22.5 Å². The number of piperazine rings is 1. The van der Waals surface area contributed by atoms with Crippen LogP contribution >= 0.6 is 0 Å². The molecule has 6 rings (SSSR count). The molecule has 1 saturated heterocycles. The smallest absolute Gasteiger partial charge is 0.252 e. The molecule has 3 heterocycles. The maximum Gasteiger partial charge on any atom is 0.252 e. The van der Waals surface area contributed by atoms with E-state index in [1.54, 1.807) is 4.68 Å². The van der Waals surface area contributed by atoms with Gasteiger partial charge in [-0.05, 0) is 62.1 Å². The van der Waals surface area contributed by atoms with Crippen molar-refractivity contribution in [1.82, 2.24) is 25.4 Å². The number of nitrogens with zero attached hydrogens (tertiary/aromatic N) is 4. The van der Waals surface area contributed by atoms with Crippen LogP contribution in [0.1, 0.15) is 41.3 Å². The highest BCUT2D eigenvalue weighted by Crippen LogP contribution is 2.49. The van der Waals surface area contributed by atoms with Crippen LogP contribution in [0.25, 0.3) is 22.2 Å². The van der Waals surface area contributed by atoms with E-state index in [9.17, 15) is 4.79 Å². The number of hydrogen-bond acceptors (Lipinski definition) is 5. The maximum atomic E-state index is 13.7. The fraction of sp³-hybridized carbons (Fsp3) is 0.345. The van der Waals surface area contributed by atoms with Gasteiger partial charge in [0.15, 0.2) is 0 Å². The summed E-state index contributed by atoms with van der Waals surface area (Å²) in [6, 6.07) is 17.0. The first-order valence-electron chi connectivity index (χ1n) is 12.7. The number of nitrogens with one attached hydrogen (secondary N) is 2. The minimum absolute atomic E-state index is 0.0149. The van der Waals surface area contributed by atoms with Crippen molar-refractivity contribution in [1.29, 1.82) is 0 Å². The van der Waals surface area contributed by atoms with Crippen molar-refractivity contribution in [3.63, 3.8) is 0 Å². The first-order chi connectivity index (χ1) is 17.4. The lowest BCUT2D eigenvalue weighted by Gasteiger charge is -2.34. The SMILES string of the molecule is Cc1ccc(N2CCN[C@@H](C)C2)cc1C(=O)NC1(c2cc(-c3cnn(C)c3)nc3ccccc23)CC1. The monoisotopic (exact) mass is 480 g/mol. The van der Waals surface area contributed by atoms with Crippen LogP contribution in [-0.2, 0) is 12.6 Å². The average Bonchev–Trinajstić information content (AvgIpc) is 3.53. The van der Waals surface area contributed by atoms with Crippen LogP contribution in [0, 0.1) is 6.92 Å². The zero-order chi connectivity index (χ0) is 24.9. The Labute approximate surface area is 211 Å². The van der Waals surface area contributed by atoms with Gasteiger partial charge in [0.1, 0.15) is 0 Å². The highest BCUT2D eigenvalue weighted by Gasteiger charge is 2.47. The van der Waals surface area contributed by atoms with Gasteiger partial charge in [0, 0.05) is 61.1 Å². The summed E-state index contributed by atoms with van der Waals surface area (Å²) >= 11 is 0. The third-order valence-electron chi connectivity index (χ3n) is 7.53. The molecule has 0 radical (unpaired) electrons. The molecule has 0 spiro atoms. The Kier molecular flexibility index (Phi) is 5.52. The molecule has 0 unspecified atom stereocenters. The molecule has 2 aromatic heterocycles. The predicted octanol–water partition coefficient (Wildman–Crippen LogP) is 4.16. The molecule has 1 aliphatic carbocycles. The molecule has 2 fully saturated rings. The zero-order valence-electron chi connectivity index (χ0n) is 21.1. The van der Waals surface area contributed by atoms with Gasteiger partial charge in [-0.1, -0.05) is 24.3 Å². The number of benzene rings is 2. The molecule has 1 aliphatic heterocycles. The largest absolute Gasteiger partial charge is 0.369 e. The summed E-state index contributed by atoms with van der Waals surface area (Å²) in [4.78, 5) is 21.0. The topological polar surface area (TPSA) is 75.1 Å². The summed E-state index contributed by atoms with van der Waals surface area (Å²) in [5.41, 5.74) is 6.37. The molecule has 2 aliphatic rings. The quantitative estimate of drug-likeness (QED) is 0.449. The predicted molar refractivity (Wildman–Crippen MR) is 143 cm³/mol. The van der Waals surface area contributed by atoms with Crippen molar-refractivity contribution in [2.24, 2.45) is 7.05 Å². The molecule has 1 amide bonds. The number of hydrogen-bond donors (Lipinski definition) is 2. The summed E-state index contributed by atoms with van der Waals surface area (Å²) in [6.07, 6.45) is 5.64. The number of anilines is 1. The fourth-order valence-corrected chi connectivity index (χ4v) is 5.36. The van der Waals surface area contributed by atoms with Gasteiger partial charge in [0.25, 0.3) is 5.91 Å². The van der Waals surface area contributed by atoms with E-state index in [2.05, 4.69) is 57.9 Å². The average molecular weight is 481 g/mol. The second-order valence-electron chi connectivity index (χ2n) is 10.3. The van der Waals surface area contributed by atoms with Crippen LogP contribution in [0.4, 0.5) is 5.69 Å². The van der Waals surface area contributed by atoms with Crippen LogP contribution in [0.15, 0.2) is 60.9 Å². The van der Waals surface area contributed by atoms with E-state index in [0.717, 1.165) is 77.0 Å². The zero-order valence-corrected chi connectivity index (χ0v) is 21.1. The number of para-hydroxylation sites is 1. The molecule has 36 heavy (non-hydrogen) atoms. The van der Waals surface area contributed by atoms with Crippen LogP contribution < -0.4 is 15.5 Å². The Morgan fingerprint density at radius 1 is 1.17 bits per heavy atom. The van der Waals surface area contributed by atoms with Crippen molar-refractivity contribution in [2.75, 3.05) is 24.5 Å². The third-order valence-corrected chi connectivity index (χ3v) is 7.53. The number of fused-ring (bicyclic) bond motifs is 1. The van der Waals surface area contributed by atoms with Crippen LogP contribution in [0.3, 0.4) is 0 Å². The molecule has 0 bridgehead atoms. The number of carbonyl (C=O) groups excluding carboxylic acids is 1. The lowest BCUT2D eigenvalue weighted by Crippen LogP contribution is -2.49. The Hall–Kier alpha value is -3.71. The van der Waals surface area contributed by atoms with Crippen LogP contribution in [-0.4, -0.2) is 46.3 Å². The van der Waals surface area contributed by atoms with Gasteiger partial charge in [0.2, 0.25) is 0 Å². The van der Waals surface area contributed by atoms with Crippen molar-refractivity contribution in [2.45, 2.75) is 38.3 Å². The second kappa shape index (κ2) is 8.75. The first-order valence-corrected chi connectivity index (χ1v) is 12.7. The summed E-state index contributed by atoms with van der Waals surface area (Å²) < 4.78 is 1.79. The lowest BCUT2D eigenvalue weighted by atomic mass is 9.96. The fourth-order valence-electron chi connectivity index (χ4n) is 5.36. The molecule has 4 aromatic rings. The number of pyridine rings is 1. The third kappa shape index (κ3) is 4.13. The number of rotatable bonds is 5. The standard InChI is InChI=1S/C29H32N6O/c1-19-8-9-22(35-13-12-30-20(2)17-35)14-24(19)28(36)33-29(10-11-29)25-15-27(21-16-31-34(3)18-21)32-26-7-5-4-6-23(25)26/h4-9,14-16,18,20,30H,10-13,17H2,1-3H3,(H,33,36)/t20-/m0/s1. The first kappa shape index (κ1) is 22.7. The number of aromatic nitrogens is 3. The number of amides is 1. The summed E-state index contributed by atoms with van der Waals surface area (Å²) in [5, 5.41) is 12.3. The van der Waals surface area contributed by atoms with E-state index < -0.39 is 0 Å². The molecule has 1 atom stereocenters. The van der Waals surface area contributed by atoms with E-state index in [-0.39, 0.29) is 11.4 Å². The van der Waals surface area contributed by atoms with Gasteiger partial charge in [0.05, 0.1) is 22.9 Å². The molecule has 1 saturated carbocycles. The number of carbonyl (C=O) groups is 1. The minimum atomic E-state index is -0.386. The molecule has 2 aromatic carbocycles. The molecule has 7 heteroatoms. The molecule has 7 nitrogen and oxygen atoms in total. The Bertz CT molecular complexity index is 1450. The Morgan fingerprint density at radius 3 is 2.75 bits per heavy atom. The second-order valence-corrected chi connectivity index (χ2v) is 10.3. The Morgan fingerprint density at radius 2 is 2.00 bits per heavy atom. The van der Waals surface area contributed by atoms with E-state index in [4.69, 9.17) is 4.98 Å². The van der Waals surface area contributed by atoms with Crippen molar-refractivity contribution in [3.8, 4) is 11.3 Å². The van der Waals surface area contributed by atoms with Gasteiger partial charge in [-0.3, -0.25) is 9.48 Å². The van der Waals surface area contributed by atoms with Crippen molar-refractivity contribution in [3.05, 3.63) is 77.6 Å². The minimum Gasteiger partial charge on any atom is -0.369 e. The van der Waals surface area contributed by atoms with Gasteiger partial charge in [-0.25, -0.2) is 4.98 Å². The number of aryl methyl sites for hydroxylation is 2. The summed E-state index contributed by atoms with van der Waals surface area (Å²) in [7, 11) is 1.91. The normalized spacial score (nSPS) is 18.9.